The normalized spacial score (nSPS) is 12.0. The van der Waals surface area contributed by atoms with Crippen LogP contribution in [-0.4, -0.2) is 45.4 Å². The van der Waals surface area contributed by atoms with E-state index < -0.39 is 5.97 Å². The summed E-state index contributed by atoms with van der Waals surface area (Å²) in [6.45, 7) is 6.95. The molecule has 0 aromatic carbocycles. The first-order valence-corrected chi connectivity index (χ1v) is 8.39. The molecule has 2 N–H and O–H groups in total. The summed E-state index contributed by atoms with van der Waals surface area (Å²) in [5.41, 5.74) is 0.526. The lowest BCUT2D eigenvalue weighted by molar-refractivity contribution is -0.145. The van der Waals surface area contributed by atoms with Crippen LogP contribution in [0.1, 0.15) is 39.8 Å². The summed E-state index contributed by atoms with van der Waals surface area (Å²) >= 11 is 1.25. The first kappa shape index (κ1) is 19.1. The summed E-state index contributed by atoms with van der Waals surface area (Å²) in [4.78, 5) is 40.4. The SMILES string of the molecule is CCC(C)N(CC(=O)O)C(=O)Cc1csc(NC(=O)C(C)C)n1. The number of amides is 2. The average Bonchev–Trinajstić information content (AvgIpc) is 2.90. The van der Waals surface area contributed by atoms with Crippen molar-refractivity contribution in [2.45, 2.75) is 46.6 Å². The van der Waals surface area contributed by atoms with Gasteiger partial charge in [0.25, 0.3) is 0 Å². The molecule has 0 bridgehead atoms. The number of nitrogens with one attached hydrogen (secondary N) is 1. The summed E-state index contributed by atoms with van der Waals surface area (Å²) in [5.74, 6) is -1.61. The van der Waals surface area contributed by atoms with E-state index in [0.29, 0.717) is 17.2 Å². The molecule has 1 atom stereocenters. The van der Waals surface area contributed by atoms with Crippen molar-refractivity contribution in [2.24, 2.45) is 5.92 Å². The number of anilines is 1. The van der Waals surface area contributed by atoms with Gasteiger partial charge in [-0.25, -0.2) is 4.98 Å². The Bertz CT molecular complexity index is 571. The monoisotopic (exact) mass is 341 g/mol. The minimum atomic E-state index is -1.04. The van der Waals surface area contributed by atoms with Crippen molar-refractivity contribution in [3.05, 3.63) is 11.1 Å². The van der Waals surface area contributed by atoms with E-state index in [-0.39, 0.29) is 36.7 Å². The highest BCUT2D eigenvalue weighted by Crippen LogP contribution is 2.18. The van der Waals surface area contributed by atoms with Gasteiger partial charge in [0, 0.05) is 17.3 Å². The fourth-order valence-corrected chi connectivity index (χ4v) is 2.52. The molecule has 0 aliphatic rings. The van der Waals surface area contributed by atoms with Gasteiger partial charge < -0.3 is 15.3 Å². The van der Waals surface area contributed by atoms with Crippen molar-refractivity contribution in [3.8, 4) is 0 Å². The minimum Gasteiger partial charge on any atom is -0.480 e. The van der Waals surface area contributed by atoms with E-state index in [1.807, 2.05) is 13.8 Å². The van der Waals surface area contributed by atoms with E-state index in [0.717, 1.165) is 0 Å². The number of aliphatic carboxylic acids is 1. The Hall–Kier alpha value is -1.96. The van der Waals surface area contributed by atoms with Gasteiger partial charge >= 0.3 is 5.97 Å². The van der Waals surface area contributed by atoms with Crippen molar-refractivity contribution in [2.75, 3.05) is 11.9 Å². The number of thiazole rings is 1. The van der Waals surface area contributed by atoms with Gasteiger partial charge in [-0.05, 0) is 13.3 Å². The number of hydrogen-bond acceptors (Lipinski definition) is 5. The molecule has 0 aliphatic heterocycles. The molecule has 0 radical (unpaired) electrons. The molecule has 0 aliphatic carbocycles. The Kier molecular flexibility index (Phi) is 7.15. The van der Waals surface area contributed by atoms with Crippen molar-refractivity contribution in [1.82, 2.24) is 9.88 Å². The molecule has 7 nitrogen and oxygen atoms in total. The number of carbonyl (C=O) groups is 3. The molecule has 0 spiro atoms. The first-order valence-electron chi connectivity index (χ1n) is 7.51. The van der Waals surface area contributed by atoms with Crippen LogP contribution in [0.15, 0.2) is 5.38 Å². The van der Waals surface area contributed by atoms with Crippen molar-refractivity contribution in [1.29, 1.82) is 0 Å². The summed E-state index contributed by atoms with van der Waals surface area (Å²) in [5, 5.41) is 13.8. The molecule has 1 rings (SSSR count). The predicted molar refractivity (Wildman–Crippen MR) is 88.4 cm³/mol. The molecular weight excluding hydrogens is 318 g/mol. The number of carbonyl (C=O) groups excluding carboxylic acids is 2. The van der Waals surface area contributed by atoms with E-state index in [1.54, 1.807) is 19.2 Å². The van der Waals surface area contributed by atoms with Crippen LogP contribution in [0.2, 0.25) is 0 Å². The van der Waals surface area contributed by atoms with Gasteiger partial charge in [-0.1, -0.05) is 20.8 Å². The predicted octanol–water partition coefficient (Wildman–Crippen LogP) is 1.99. The summed E-state index contributed by atoms with van der Waals surface area (Å²) in [6, 6.07) is -0.155. The molecule has 8 heteroatoms. The molecule has 0 saturated heterocycles. The molecule has 1 unspecified atom stereocenters. The second-order valence-corrected chi connectivity index (χ2v) is 6.50. The fourth-order valence-electron chi connectivity index (χ4n) is 1.81. The van der Waals surface area contributed by atoms with Crippen molar-refractivity contribution in [3.63, 3.8) is 0 Å². The second kappa shape index (κ2) is 8.61. The zero-order chi connectivity index (χ0) is 17.6. The minimum absolute atomic E-state index is 0.0195. The van der Waals surface area contributed by atoms with E-state index in [4.69, 9.17) is 5.11 Å². The van der Waals surface area contributed by atoms with Gasteiger partial charge in [0.05, 0.1) is 12.1 Å². The lowest BCUT2D eigenvalue weighted by Crippen LogP contribution is -2.42. The van der Waals surface area contributed by atoms with Gasteiger partial charge in [0.1, 0.15) is 6.54 Å². The van der Waals surface area contributed by atoms with Crippen LogP contribution in [0.25, 0.3) is 0 Å². The third-order valence-electron chi connectivity index (χ3n) is 3.39. The highest BCUT2D eigenvalue weighted by atomic mass is 32.1. The molecule has 23 heavy (non-hydrogen) atoms. The van der Waals surface area contributed by atoms with E-state index in [1.165, 1.54) is 16.2 Å². The Labute approximate surface area is 139 Å². The molecule has 2 amide bonds. The highest BCUT2D eigenvalue weighted by molar-refractivity contribution is 7.13. The second-order valence-electron chi connectivity index (χ2n) is 5.64. The van der Waals surface area contributed by atoms with Crippen LogP contribution in [-0.2, 0) is 20.8 Å². The van der Waals surface area contributed by atoms with Gasteiger partial charge in [0.2, 0.25) is 11.8 Å². The maximum atomic E-state index is 12.3. The maximum absolute atomic E-state index is 12.3. The molecule has 128 valence electrons. The third-order valence-corrected chi connectivity index (χ3v) is 4.19. The zero-order valence-corrected chi connectivity index (χ0v) is 14.6. The quantitative estimate of drug-likeness (QED) is 0.753. The van der Waals surface area contributed by atoms with Crippen molar-refractivity contribution >= 4 is 34.3 Å². The van der Waals surface area contributed by atoms with Gasteiger partial charge in [-0.2, -0.15) is 0 Å². The Morgan fingerprint density at radius 1 is 1.35 bits per heavy atom. The number of carboxylic acids is 1. The smallest absolute Gasteiger partial charge is 0.323 e. The molecule has 1 aromatic rings. The average molecular weight is 341 g/mol. The van der Waals surface area contributed by atoms with Crippen LogP contribution in [0.3, 0.4) is 0 Å². The molecular formula is C15H23N3O4S. The number of nitrogens with zero attached hydrogens (tertiary/aromatic N) is 2. The summed E-state index contributed by atoms with van der Waals surface area (Å²) < 4.78 is 0. The largest absolute Gasteiger partial charge is 0.480 e. The first-order chi connectivity index (χ1) is 10.7. The van der Waals surface area contributed by atoms with Gasteiger partial charge in [-0.15, -0.1) is 11.3 Å². The molecule has 0 saturated carbocycles. The Balaban J connectivity index is 2.73. The number of hydrogen-bond donors (Lipinski definition) is 2. The molecule has 1 heterocycles. The summed E-state index contributed by atoms with van der Waals surface area (Å²) in [7, 11) is 0. The van der Waals surface area contributed by atoms with E-state index in [2.05, 4.69) is 10.3 Å². The van der Waals surface area contributed by atoms with E-state index in [9.17, 15) is 14.4 Å². The highest BCUT2D eigenvalue weighted by Gasteiger charge is 2.22. The maximum Gasteiger partial charge on any atom is 0.323 e. The third kappa shape index (κ3) is 5.97. The van der Waals surface area contributed by atoms with E-state index >= 15 is 0 Å². The fraction of sp³-hybridized carbons (Fsp3) is 0.600. The van der Waals surface area contributed by atoms with Crippen LogP contribution in [0.5, 0.6) is 0 Å². The molecule has 1 aromatic heterocycles. The Morgan fingerprint density at radius 2 is 2.00 bits per heavy atom. The van der Waals surface area contributed by atoms with Gasteiger partial charge in [0.15, 0.2) is 5.13 Å². The molecule has 0 fully saturated rings. The van der Waals surface area contributed by atoms with Crippen LogP contribution in [0.4, 0.5) is 5.13 Å². The lowest BCUT2D eigenvalue weighted by atomic mass is 10.2. The lowest BCUT2D eigenvalue weighted by Gasteiger charge is -2.26. The van der Waals surface area contributed by atoms with Crippen LogP contribution in [0, 0.1) is 5.92 Å². The van der Waals surface area contributed by atoms with Gasteiger partial charge in [-0.3, -0.25) is 14.4 Å². The van der Waals surface area contributed by atoms with Crippen LogP contribution < -0.4 is 5.32 Å². The zero-order valence-electron chi connectivity index (χ0n) is 13.8. The van der Waals surface area contributed by atoms with Crippen molar-refractivity contribution < 1.29 is 19.5 Å². The number of carboxylic acid groups (broad SMARTS) is 1. The Morgan fingerprint density at radius 3 is 2.52 bits per heavy atom. The van der Waals surface area contributed by atoms with Crippen LogP contribution >= 0.6 is 11.3 Å². The number of aromatic nitrogens is 1. The topological polar surface area (TPSA) is 99.6 Å². The summed E-state index contributed by atoms with van der Waals surface area (Å²) in [6.07, 6.45) is 0.692. The number of rotatable bonds is 8. The standard InChI is InChI=1S/C15H23N3O4S/c1-5-10(4)18(7-13(20)21)12(19)6-11-8-23-15(16-11)17-14(22)9(2)3/h8-10H,5-7H2,1-4H3,(H,20,21)(H,16,17,22).